The smallest absolute Gasteiger partial charge is 0.0792 e. The van der Waals surface area contributed by atoms with Gasteiger partial charge in [0.05, 0.1) is 12.2 Å². The van der Waals surface area contributed by atoms with Crippen LogP contribution < -0.4 is 0 Å². The lowest BCUT2D eigenvalue weighted by Crippen LogP contribution is -2.48. The van der Waals surface area contributed by atoms with Gasteiger partial charge >= 0.3 is 0 Å². The predicted octanol–water partition coefficient (Wildman–Crippen LogP) is 7.16. The molecular weight excluding hydrogens is 368 g/mol. The fraction of sp³-hybridized carbons (Fsp3) is 0.929. The normalized spacial score (nSPS) is 44.6. The maximum atomic E-state index is 10.3. The Bertz CT molecular complexity index is 651. The SMILES string of the molecule is CO[C@@H]1CC([C@H](C)CCCC(C)C)C2(C)CCC3C(=C12)CC[C@H]1CC(O)CCC31C. The molecule has 0 aromatic carbocycles. The van der Waals surface area contributed by atoms with Gasteiger partial charge in [0.2, 0.25) is 0 Å². The second kappa shape index (κ2) is 8.54. The highest BCUT2D eigenvalue weighted by Gasteiger charge is 2.58. The molecule has 4 rings (SSSR count). The van der Waals surface area contributed by atoms with Crippen LogP contribution in [0.25, 0.3) is 0 Å². The molecule has 0 radical (unpaired) electrons. The Morgan fingerprint density at radius 3 is 2.50 bits per heavy atom. The first-order valence-corrected chi connectivity index (χ1v) is 13.1. The zero-order valence-electron chi connectivity index (χ0n) is 20.7. The maximum absolute atomic E-state index is 10.3. The number of aliphatic hydroxyl groups is 1. The van der Waals surface area contributed by atoms with Gasteiger partial charge in [-0.1, -0.05) is 59.5 Å². The van der Waals surface area contributed by atoms with Gasteiger partial charge < -0.3 is 9.84 Å². The molecule has 172 valence electrons. The fourth-order valence-corrected chi connectivity index (χ4v) is 8.67. The lowest BCUT2D eigenvalue weighted by Gasteiger charge is -2.57. The fourth-order valence-electron chi connectivity index (χ4n) is 8.67. The molecule has 2 heteroatoms. The summed E-state index contributed by atoms with van der Waals surface area (Å²) in [4.78, 5) is 0. The van der Waals surface area contributed by atoms with Crippen LogP contribution in [0.1, 0.15) is 105 Å². The summed E-state index contributed by atoms with van der Waals surface area (Å²) in [6, 6.07) is 0. The molecular formula is C28H48O2. The van der Waals surface area contributed by atoms with Gasteiger partial charge in [0.25, 0.3) is 0 Å². The highest BCUT2D eigenvalue weighted by Crippen LogP contribution is 2.66. The van der Waals surface area contributed by atoms with Crippen molar-refractivity contribution in [3.63, 3.8) is 0 Å². The summed E-state index contributed by atoms with van der Waals surface area (Å²) in [5.74, 6) is 3.84. The number of fused-ring (bicyclic) bond motifs is 4. The van der Waals surface area contributed by atoms with E-state index in [0.29, 0.717) is 22.9 Å². The van der Waals surface area contributed by atoms with Crippen LogP contribution in [0.15, 0.2) is 11.1 Å². The first-order valence-electron chi connectivity index (χ1n) is 13.1. The molecule has 0 aromatic heterocycles. The van der Waals surface area contributed by atoms with Crippen LogP contribution in [0.4, 0.5) is 0 Å². The number of aliphatic hydroxyl groups excluding tert-OH is 1. The van der Waals surface area contributed by atoms with Gasteiger partial charge in [0.1, 0.15) is 0 Å². The van der Waals surface area contributed by atoms with Crippen molar-refractivity contribution in [2.45, 2.75) is 117 Å². The third-order valence-corrected chi connectivity index (χ3v) is 10.4. The van der Waals surface area contributed by atoms with Gasteiger partial charge in [0.15, 0.2) is 0 Å². The van der Waals surface area contributed by atoms with Crippen molar-refractivity contribution in [1.82, 2.24) is 0 Å². The van der Waals surface area contributed by atoms with Crippen molar-refractivity contribution in [2.75, 3.05) is 7.11 Å². The highest BCUT2D eigenvalue weighted by atomic mass is 16.5. The molecule has 4 aliphatic rings. The molecule has 1 N–H and O–H groups in total. The van der Waals surface area contributed by atoms with E-state index in [1.54, 1.807) is 5.57 Å². The molecule has 0 heterocycles. The lowest BCUT2D eigenvalue weighted by atomic mass is 9.48. The maximum Gasteiger partial charge on any atom is 0.0792 e. The van der Waals surface area contributed by atoms with Crippen LogP contribution in [0.3, 0.4) is 0 Å². The second-order valence-corrected chi connectivity index (χ2v) is 12.5. The van der Waals surface area contributed by atoms with Crippen molar-refractivity contribution in [3.05, 3.63) is 11.1 Å². The Morgan fingerprint density at radius 1 is 1.03 bits per heavy atom. The van der Waals surface area contributed by atoms with Crippen LogP contribution in [-0.2, 0) is 4.74 Å². The van der Waals surface area contributed by atoms with Gasteiger partial charge in [-0.2, -0.15) is 0 Å². The van der Waals surface area contributed by atoms with E-state index >= 15 is 0 Å². The Morgan fingerprint density at radius 2 is 1.80 bits per heavy atom. The van der Waals surface area contributed by atoms with Gasteiger partial charge in [0, 0.05) is 7.11 Å². The Labute approximate surface area is 186 Å². The molecule has 0 aromatic rings. The first-order chi connectivity index (χ1) is 14.2. The Balaban J connectivity index is 1.61. The van der Waals surface area contributed by atoms with E-state index in [-0.39, 0.29) is 6.10 Å². The summed E-state index contributed by atoms with van der Waals surface area (Å²) in [6.45, 7) is 12.4. The van der Waals surface area contributed by atoms with Crippen LogP contribution in [0.2, 0.25) is 0 Å². The predicted molar refractivity (Wildman–Crippen MR) is 125 cm³/mol. The van der Waals surface area contributed by atoms with E-state index in [0.717, 1.165) is 36.5 Å². The largest absolute Gasteiger partial charge is 0.393 e. The number of methoxy groups -OCH3 is 1. The standard InChI is InChI=1S/C28H48O2/c1-18(2)8-7-9-19(3)24-17-25(30-6)26-22-11-10-20-16-21(29)12-14-27(20,4)23(22)13-15-28(24,26)5/h18-21,23-25,29H,7-17H2,1-6H3/t19-,20+,21?,23?,24?,25-,27?,28?/m1/s1. The Hall–Kier alpha value is -0.340. The summed E-state index contributed by atoms with van der Waals surface area (Å²) < 4.78 is 6.21. The van der Waals surface area contributed by atoms with Gasteiger partial charge in [-0.3, -0.25) is 0 Å². The summed E-state index contributed by atoms with van der Waals surface area (Å²) in [5, 5.41) is 10.3. The van der Waals surface area contributed by atoms with E-state index < -0.39 is 0 Å². The molecule has 0 aliphatic heterocycles. The summed E-state index contributed by atoms with van der Waals surface area (Å²) in [7, 11) is 1.96. The van der Waals surface area contributed by atoms with Crippen molar-refractivity contribution in [3.8, 4) is 0 Å². The molecule has 3 fully saturated rings. The summed E-state index contributed by atoms with van der Waals surface area (Å²) in [6.07, 6.45) is 14.2. The van der Waals surface area contributed by atoms with Crippen molar-refractivity contribution >= 4 is 0 Å². The van der Waals surface area contributed by atoms with E-state index in [1.807, 2.05) is 12.7 Å². The number of ether oxygens (including phenoxy) is 1. The minimum Gasteiger partial charge on any atom is -0.393 e. The van der Waals surface area contributed by atoms with Crippen LogP contribution in [0.5, 0.6) is 0 Å². The lowest BCUT2D eigenvalue weighted by molar-refractivity contribution is -0.0388. The molecule has 30 heavy (non-hydrogen) atoms. The number of hydrogen-bond acceptors (Lipinski definition) is 2. The van der Waals surface area contributed by atoms with E-state index in [4.69, 9.17) is 4.74 Å². The van der Waals surface area contributed by atoms with Crippen LogP contribution >= 0.6 is 0 Å². The molecule has 0 spiro atoms. The van der Waals surface area contributed by atoms with Gasteiger partial charge in [-0.05, 0) is 97.4 Å². The van der Waals surface area contributed by atoms with E-state index in [2.05, 4.69) is 34.6 Å². The molecule has 5 unspecified atom stereocenters. The van der Waals surface area contributed by atoms with Crippen molar-refractivity contribution in [1.29, 1.82) is 0 Å². The summed E-state index contributed by atoms with van der Waals surface area (Å²) >= 11 is 0. The topological polar surface area (TPSA) is 29.5 Å². The van der Waals surface area contributed by atoms with Gasteiger partial charge in [-0.25, -0.2) is 0 Å². The number of rotatable bonds is 6. The average molecular weight is 417 g/mol. The van der Waals surface area contributed by atoms with E-state index in [1.165, 1.54) is 57.8 Å². The minimum absolute atomic E-state index is 0.0552. The third-order valence-electron chi connectivity index (χ3n) is 10.4. The highest BCUT2D eigenvalue weighted by molar-refractivity contribution is 5.38. The molecule has 0 bridgehead atoms. The molecule has 2 nitrogen and oxygen atoms in total. The average Bonchev–Trinajstić information content (AvgIpc) is 3.01. The van der Waals surface area contributed by atoms with Crippen LogP contribution in [-0.4, -0.2) is 24.4 Å². The number of hydrogen-bond donors (Lipinski definition) is 1. The van der Waals surface area contributed by atoms with Crippen molar-refractivity contribution in [2.24, 2.45) is 40.4 Å². The Kier molecular flexibility index (Phi) is 6.50. The first kappa shape index (κ1) is 22.8. The molecule has 4 aliphatic carbocycles. The monoisotopic (exact) mass is 416 g/mol. The quantitative estimate of drug-likeness (QED) is 0.466. The molecule has 8 atom stereocenters. The number of allylic oxidation sites excluding steroid dienone is 1. The minimum atomic E-state index is -0.0552. The van der Waals surface area contributed by atoms with E-state index in [9.17, 15) is 5.11 Å². The molecule has 0 saturated heterocycles. The molecule has 0 amide bonds. The third kappa shape index (κ3) is 3.72. The van der Waals surface area contributed by atoms with Crippen molar-refractivity contribution < 1.29 is 9.84 Å². The molecule has 3 saturated carbocycles. The van der Waals surface area contributed by atoms with Crippen LogP contribution in [0, 0.1) is 40.4 Å². The zero-order valence-corrected chi connectivity index (χ0v) is 20.7. The second-order valence-electron chi connectivity index (χ2n) is 12.5. The van der Waals surface area contributed by atoms with Gasteiger partial charge in [-0.15, -0.1) is 0 Å². The zero-order chi connectivity index (χ0) is 21.7. The summed E-state index contributed by atoms with van der Waals surface area (Å²) in [5.41, 5.74) is 4.30.